The van der Waals surface area contributed by atoms with Crippen LogP contribution >= 0.6 is 11.8 Å². The highest BCUT2D eigenvalue weighted by atomic mass is 32.2. The second kappa shape index (κ2) is 10.2. The van der Waals surface area contributed by atoms with Gasteiger partial charge in [-0.15, -0.1) is 0 Å². The molecule has 0 radical (unpaired) electrons. The highest BCUT2D eigenvalue weighted by molar-refractivity contribution is 8.15. The first-order valence-electron chi connectivity index (χ1n) is 10.2. The molecular formula is C25H23N3O3S. The molecule has 2 amide bonds. The number of amides is 2. The van der Waals surface area contributed by atoms with Crippen LogP contribution in [0.25, 0.3) is 0 Å². The molecule has 4 rings (SSSR count). The van der Waals surface area contributed by atoms with Crippen molar-refractivity contribution in [3.8, 4) is 5.75 Å². The van der Waals surface area contributed by atoms with Gasteiger partial charge in [-0.1, -0.05) is 60.3 Å². The Labute approximate surface area is 191 Å². The Morgan fingerprint density at radius 1 is 1.00 bits per heavy atom. The van der Waals surface area contributed by atoms with Crippen LogP contribution in [-0.4, -0.2) is 34.2 Å². The number of carbonyl (C=O) groups is 2. The van der Waals surface area contributed by atoms with Crippen molar-refractivity contribution in [2.24, 2.45) is 4.99 Å². The first-order chi connectivity index (χ1) is 15.6. The van der Waals surface area contributed by atoms with Crippen molar-refractivity contribution in [2.45, 2.75) is 18.2 Å². The van der Waals surface area contributed by atoms with Gasteiger partial charge in [0.05, 0.1) is 19.3 Å². The molecule has 162 valence electrons. The number of hydrogen-bond donors (Lipinski definition) is 1. The van der Waals surface area contributed by atoms with Gasteiger partial charge >= 0.3 is 0 Å². The van der Waals surface area contributed by atoms with Crippen LogP contribution in [-0.2, 0) is 16.1 Å². The molecule has 0 saturated carbocycles. The highest BCUT2D eigenvalue weighted by Crippen LogP contribution is 2.33. The SMILES string of the molecule is COc1ccc(CN2C(=O)C(CC(=O)Nc3ccccc3)SC2=Nc2ccccc2)cc1. The van der Waals surface area contributed by atoms with E-state index in [2.05, 4.69) is 10.3 Å². The molecule has 1 unspecified atom stereocenters. The zero-order chi connectivity index (χ0) is 22.3. The average molecular weight is 446 g/mol. The molecule has 1 fully saturated rings. The Kier molecular flexibility index (Phi) is 6.87. The number of amidine groups is 1. The van der Waals surface area contributed by atoms with E-state index < -0.39 is 5.25 Å². The van der Waals surface area contributed by atoms with E-state index in [-0.39, 0.29) is 18.2 Å². The van der Waals surface area contributed by atoms with Gasteiger partial charge in [-0.05, 0) is 42.0 Å². The summed E-state index contributed by atoms with van der Waals surface area (Å²) in [7, 11) is 1.62. The number of benzene rings is 3. The maximum atomic E-state index is 13.2. The average Bonchev–Trinajstić information content (AvgIpc) is 3.09. The molecule has 1 saturated heterocycles. The van der Waals surface area contributed by atoms with Crippen molar-refractivity contribution in [3.63, 3.8) is 0 Å². The van der Waals surface area contributed by atoms with E-state index in [1.54, 1.807) is 12.0 Å². The smallest absolute Gasteiger partial charge is 0.242 e. The van der Waals surface area contributed by atoms with Crippen LogP contribution in [0.5, 0.6) is 5.75 Å². The second-order valence-electron chi connectivity index (χ2n) is 7.23. The highest BCUT2D eigenvalue weighted by Gasteiger charge is 2.39. The lowest BCUT2D eigenvalue weighted by atomic mass is 10.2. The molecule has 1 aliphatic rings. The number of aliphatic imine (C=N–C) groups is 1. The Hall–Kier alpha value is -3.58. The van der Waals surface area contributed by atoms with Crippen molar-refractivity contribution in [2.75, 3.05) is 12.4 Å². The fraction of sp³-hybridized carbons (Fsp3) is 0.160. The number of nitrogens with zero attached hydrogens (tertiary/aromatic N) is 2. The molecule has 7 heteroatoms. The third-order valence-corrected chi connectivity index (χ3v) is 6.10. The van der Waals surface area contributed by atoms with Gasteiger partial charge in [0.1, 0.15) is 11.0 Å². The summed E-state index contributed by atoms with van der Waals surface area (Å²) < 4.78 is 5.22. The lowest BCUT2D eigenvalue weighted by Gasteiger charge is -2.17. The van der Waals surface area contributed by atoms with Gasteiger partial charge < -0.3 is 10.1 Å². The minimum absolute atomic E-state index is 0.0747. The van der Waals surface area contributed by atoms with Crippen LogP contribution in [0.1, 0.15) is 12.0 Å². The van der Waals surface area contributed by atoms with Gasteiger partial charge in [-0.3, -0.25) is 14.5 Å². The van der Waals surface area contributed by atoms with Crippen molar-refractivity contribution >= 4 is 40.1 Å². The van der Waals surface area contributed by atoms with Crippen molar-refractivity contribution in [1.82, 2.24) is 4.90 Å². The quantitative estimate of drug-likeness (QED) is 0.564. The predicted octanol–water partition coefficient (Wildman–Crippen LogP) is 4.86. The number of carbonyl (C=O) groups excluding carboxylic acids is 2. The topological polar surface area (TPSA) is 71.0 Å². The van der Waals surface area contributed by atoms with Crippen LogP contribution in [0.2, 0.25) is 0 Å². The lowest BCUT2D eigenvalue weighted by Crippen LogP contribution is -2.33. The zero-order valence-electron chi connectivity index (χ0n) is 17.6. The summed E-state index contributed by atoms with van der Waals surface area (Å²) in [6.45, 7) is 0.373. The fourth-order valence-electron chi connectivity index (χ4n) is 3.30. The van der Waals surface area contributed by atoms with Crippen LogP contribution in [0.3, 0.4) is 0 Å². The monoisotopic (exact) mass is 445 g/mol. The number of rotatable bonds is 7. The number of thioether (sulfide) groups is 1. The van der Waals surface area contributed by atoms with Crippen LogP contribution in [0.15, 0.2) is 89.9 Å². The summed E-state index contributed by atoms with van der Waals surface area (Å²) >= 11 is 1.33. The number of methoxy groups -OCH3 is 1. The molecule has 1 atom stereocenters. The van der Waals surface area contributed by atoms with Gasteiger partial charge in [-0.25, -0.2) is 4.99 Å². The van der Waals surface area contributed by atoms with E-state index in [1.165, 1.54) is 11.8 Å². The number of ether oxygens (including phenoxy) is 1. The van der Waals surface area contributed by atoms with Gasteiger partial charge in [0.25, 0.3) is 0 Å². The molecule has 32 heavy (non-hydrogen) atoms. The summed E-state index contributed by atoms with van der Waals surface area (Å²) in [5, 5.41) is 2.92. The molecule has 6 nitrogen and oxygen atoms in total. The van der Waals surface area contributed by atoms with E-state index >= 15 is 0 Å². The van der Waals surface area contributed by atoms with Crippen LogP contribution in [0.4, 0.5) is 11.4 Å². The minimum atomic E-state index is -0.528. The van der Waals surface area contributed by atoms with Gasteiger partial charge in [0, 0.05) is 12.1 Å². The summed E-state index contributed by atoms with van der Waals surface area (Å²) in [5.41, 5.74) is 2.42. The van der Waals surface area contributed by atoms with Crippen molar-refractivity contribution in [1.29, 1.82) is 0 Å². The summed E-state index contributed by atoms with van der Waals surface area (Å²) in [6.07, 6.45) is 0.0747. The minimum Gasteiger partial charge on any atom is -0.497 e. The molecule has 3 aromatic rings. The summed E-state index contributed by atoms with van der Waals surface area (Å²) in [4.78, 5) is 32.1. The third-order valence-electron chi connectivity index (χ3n) is 4.93. The number of para-hydroxylation sites is 2. The predicted molar refractivity (Wildman–Crippen MR) is 128 cm³/mol. The summed E-state index contributed by atoms with van der Waals surface area (Å²) in [5.74, 6) is 0.431. The van der Waals surface area contributed by atoms with Gasteiger partial charge in [0.2, 0.25) is 11.8 Å². The number of hydrogen-bond acceptors (Lipinski definition) is 5. The molecule has 0 aliphatic carbocycles. The van der Waals surface area contributed by atoms with E-state index in [1.807, 2.05) is 84.9 Å². The molecule has 0 aromatic heterocycles. The van der Waals surface area contributed by atoms with E-state index in [0.29, 0.717) is 17.4 Å². The Balaban J connectivity index is 1.53. The molecule has 0 spiro atoms. The van der Waals surface area contributed by atoms with E-state index in [0.717, 1.165) is 17.0 Å². The molecule has 1 heterocycles. The lowest BCUT2D eigenvalue weighted by molar-refractivity contribution is -0.128. The normalized spacial score (nSPS) is 16.9. The van der Waals surface area contributed by atoms with Crippen LogP contribution < -0.4 is 10.1 Å². The van der Waals surface area contributed by atoms with Gasteiger partial charge in [0.15, 0.2) is 5.17 Å². The van der Waals surface area contributed by atoms with Crippen molar-refractivity contribution < 1.29 is 14.3 Å². The number of nitrogens with one attached hydrogen (secondary N) is 1. The first kappa shape index (κ1) is 21.6. The molecular weight excluding hydrogens is 422 g/mol. The number of anilines is 1. The molecule has 1 N–H and O–H groups in total. The molecule has 3 aromatic carbocycles. The maximum absolute atomic E-state index is 13.2. The van der Waals surface area contributed by atoms with Crippen LogP contribution in [0, 0.1) is 0 Å². The Morgan fingerprint density at radius 3 is 2.31 bits per heavy atom. The largest absolute Gasteiger partial charge is 0.497 e. The first-order valence-corrected chi connectivity index (χ1v) is 11.1. The standard InChI is InChI=1S/C25H23N3O3S/c1-31-21-14-12-18(13-15-21)17-28-24(30)22(16-23(29)26-19-8-4-2-5-9-19)32-25(28)27-20-10-6-3-7-11-20/h2-15,22H,16-17H2,1H3,(H,26,29). The maximum Gasteiger partial charge on any atom is 0.242 e. The molecule has 1 aliphatic heterocycles. The zero-order valence-corrected chi connectivity index (χ0v) is 18.4. The third kappa shape index (κ3) is 5.36. The van der Waals surface area contributed by atoms with Gasteiger partial charge in [-0.2, -0.15) is 0 Å². The van der Waals surface area contributed by atoms with E-state index in [4.69, 9.17) is 4.74 Å². The Bertz CT molecular complexity index is 1100. The van der Waals surface area contributed by atoms with Crippen molar-refractivity contribution in [3.05, 3.63) is 90.5 Å². The fourth-order valence-corrected chi connectivity index (χ4v) is 4.46. The van der Waals surface area contributed by atoms with E-state index in [9.17, 15) is 9.59 Å². The Morgan fingerprint density at radius 2 is 1.66 bits per heavy atom. The molecule has 0 bridgehead atoms. The summed E-state index contributed by atoms with van der Waals surface area (Å²) in [6, 6.07) is 26.3. The second-order valence-corrected chi connectivity index (χ2v) is 8.40.